The molecule has 7 heteroatoms. The summed E-state index contributed by atoms with van der Waals surface area (Å²) in [5.41, 5.74) is 5.71. The number of carbonyl (C=O) groups is 1. The Bertz CT molecular complexity index is 514. The first kappa shape index (κ1) is 14.0. The first-order chi connectivity index (χ1) is 8.45. The molecular formula is C11H11ClN2O4. The molecule has 0 aliphatic carbocycles. The highest BCUT2D eigenvalue weighted by Gasteiger charge is 2.12. The average Bonchev–Trinajstić information content (AvgIpc) is 2.31. The van der Waals surface area contributed by atoms with Gasteiger partial charge in [0, 0.05) is 23.8 Å². The van der Waals surface area contributed by atoms with Gasteiger partial charge in [-0.25, -0.2) is 4.79 Å². The molecular weight excluding hydrogens is 260 g/mol. The lowest BCUT2D eigenvalue weighted by molar-refractivity contribution is -0.384. The van der Waals surface area contributed by atoms with E-state index >= 15 is 0 Å². The summed E-state index contributed by atoms with van der Waals surface area (Å²) in [4.78, 5) is 21.2. The number of hydrogen-bond acceptors (Lipinski definition) is 5. The number of benzene rings is 1. The van der Waals surface area contributed by atoms with Crippen LogP contribution in [0.4, 0.5) is 11.4 Å². The molecule has 6 nitrogen and oxygen atoms in total. The molecule has 0 saturated carbocycles. The van der Waals surface area contributed by atoms with Crippen LogP contribution in [0.2, 0.25) is 5.02 Å². The highest BCUT2D eigenvalue weighted by Crippen LogP contribution is 2.29. The van der Waals surface area contributed by atoms with E-state index in [1.54, 1.807) is 6.92 Å². The lowest BCUT2D eigenvalue weighted by atomic mass is 10.1. The minimum absolute atomic E-state index is 0.0781. The first-order valence-corrected chi connectivity index (χ1v) is 5.41. The molecule has 0 unspecified atom stereocenters. The van der Waals surface area contributed by atoms with Gasteiger partial charge in [0.05, 0.1) is 22.2 Å². The molecule has 0 heterocycles. The highest BCUT2D eigenvalue weighted by molar-refractivity contribution is 6.34. The molecule has 2 N–H and O–H groups in total. The largest absolute Gasteiger partial charge is 0.463 e. The smallest absolute Gasteiger partial charge is 0.330 e. The van der Waals surface area contributed by atoms with Crippen molar-refractivity contribution in [1.29, 1.82) is 0 Å². The number of ether oxygens (including phenoxy) is 1. The van der Waals surface area contributed by atoms with Gasteiger partial charge in [-0.15, -0.1) is 0 Å². The van der Waals surface area contributed by atoms with Gasteiger partial charge in [-0.3, -0.25) is 10.1 Å². The minimum Gasteiger partial charge on any atom is -0.463 e. The summed E-state index contributed by atoms with van der Waals surface area (Å²) < 4.78 is 4.68. The van der Waals surface area contributed by atoms with Crippen molar-refractivity contribution in [1.82, 2.24) is 0 Å². The van der Waals surface area contributed by atoms with E-state index in [2.05, 4.69) is 4.74 Å². The van der Waals surface area contributed by atoms with Gasteiger partial charge in [0.15, 0.2) is 0 Å². The Hall–Kier alpha value is -2.08. The van der Waals surface area contributed by atoms with Gasteiger partial charge in [-0.05, 0) is 13.0 Å². The normalized spacial score (nSPS) is 10.6. The summed E-state index contributed by atoms with van der Waals surface area (Å²) in [6.45, 7) is 1.91. The number of carbonyl (C=O) groups excluding carboxylic acids is 1. The summed E-state index contributed by atoms with van der Waals surface area (Å²) >= 11 is 5.88. The maximum atomic E-state index is 11.1. The van der Waals surface area contributed by atoms with E-state index in [4.69, 9.17) is 17.3 Å². The average molecular weight is 271 g/mol. The second kappa shape index (κ2) is 6.02. The molecule has 0 saturated heterocycles. The quantitative estimate of drug-likeness (QED) is 0.298. The Morgan fingerprint density at radius 1 is 1.61 bits per heavy atom. The van der Waals surface area contributed by atoms with E-state index in [0.717, 1.165) is 12.1 Å². The van der Waals surface area contributed by atoms with Crippen LogP contribution in [0.25, 0.3) is 6.08 Å². The zero-order valence-electron chi connectivity index (χ0n) is 9.55. The van der Waals surface area contributed by atoms with E-state index in [1.165, 1.54) is 12.1 Å². The van der Waals surface area contributed by atoms with Crippen LogP contribution in [-0.2, 0) is 9.53 Å². The molecule has 0 aromatic heterocycles. The molecule has 0 bridgehead atoms. The van der Waals surface area contributed by atoms with E-state index in [9.17, 15) is 14.9 Å². The van der Waals surface area contributed by atoms with Gasteiger partial charge in [0.25, 0.3) is 5.69 Å². The number of anilines is 1. The molecule has 0 aliphatic heterocycles. The van der Waals surface area contributed by atoms with Crippen LogP contribution < -0.4 is 5.73 Å². The number of nitro groups is 1. The molecule has 0 radical (unpaired) electrons. The zero-order valence-corrected chi connectivity index (χ0v) is 10.3. The number of nitrogen functional groups attached to an aromatic ring is 1. The molecule has 1 aromatic rings. The van der Waals surface area contributed by atoms with Gasteiger partial charge >= 0.3 is 5.97 Å². The fourth-order valence-electron chi connectivity index (χ4n) is 1.23. The summed E-state index contributed by atoms with van der Waals surface area (Å²) in [7, 11) is 0. The summed E-state index contributed by atoms with van der Waals surface area (Å²) in [5, 5.41) is 10.8. The van der Waals surface area contributed by atoms with Crippen molar-refractivity contribution < 1.29 is 14.5 Å². The SMILES string of the molecule is CCOC(=O)/C=C/c1cc([N+](=O)[O-])cc(N)c1Cl. The number of nitro benzene ring substituents is 1. The van der Waals surface area contributed by atoms with Crippen molar-refractivity contribution in [2.24, 2.45) is 0 Å². The van der Waals surface area contributed by atoms with Crippen molar-refractivity contribution >= 4 is 35.0 Å². The zero-order chi connectivity index (χ0) is 13.7. The fourth-order valence-corrected chi connectivity index (χ4v) is 1.40. The fraction of sp³-hybridized carbons (Fsp3) is 0.182. The van der Waals surface area contributed by atoms with Crippen LogP contribution in [0.5, 0.6) is 0 Å². The number of rotatable bonds is 4. The third kappa shape index (κ3) is 3.46. The molecule has 18 heavy (non-hydrogen) atoms. The van der Waals surface area contributed by atoms with Crippen molar-refractivity contribution in [3.05, 3.63) is 38.9 Å². The predicted molar refractivity (Wildman–Crippen MR) is 68.2 cm³/mol. The third-order valence-corrected chi connectivity index (χ3v) is 2.45. The van der Waals surface area contributed by atoms with E-state index < -0.39 is 10.9 Å². The number of hydrogen-bond donors (Lipinski definition) is 1. The first-order valence-electron chi connectivity index (χ1n) is 5.04. The van der Waals surface area contributed by atoms with Crippen LogP contribution in [0, 0.1) is 10.1 Å². The predicted octanol–water partition coefficient (Wildman–Crippen LogP) is 2.41. The van der Waals surface area contributed by atoms with E-state index in [-0.39, 0.29) is 28.6 Å². The van der Waals surface area contributed by atoms with Gasteiger partial charge < -0.3 is 10.5 Å². The van der Waals surface area contributed by atoms with E-state index in [1.807, 2.05) is 0 Å². The van der Waals surface area contributed by atoms with Gasteiger partial charge in [-0.2, -0.15) is 0 Å². The van der Waals surface area contributed by atoms with Crippen molar-refractivity contribution in [2.45, 2.75) is 6.92 Å². The summed E-state index contributed by atoms with van der Waals surface area (Å²) in [6.07, 6.45) is 2.46. The standard InChI is InChI=1S/C11H11ClN2O4/c1-2-18-10(15)4-3-7-5-8(14(16)17)6-9(13)11(7)12/h3-6H,2,13H2,1H3/b4-3+. The monoisotopic (exact) mass is 270 g/mol. The van der Waals surface area contributed by atoms with Gasteiger partial charge in [0.2, 0.25) is 0 Å². The topological polar surface area (TPSA) is 95.5 Å². The maximum absolute atomic E-state index is 11.1. The molecule has 1 rings (SSSR count). The second-order valence-electron chi connectivity index (χ2n) is 3.28. The molecule has 0 amide bonds. The van der Waals surface area contributed by atoms with Gasteiger partial charge in [-0.1, -0.05) is 11.6 Å². The van der Waals surface area contributed by atoms with Crippen molar-refractivity contribution in [3.8, 4) is 0 Å². The molecule has 1 aromatic carbocycles. The number of halogens is 1. The Morgan fingerprint density at radius 2 is 2.28 bits per heavy atom. The van der Waals surface area contributed by atoms with Crippen LogP contribution in [0.3, 0.4) is 0 Å². The number of esters is 1. The lowest BCUT2D eigenvalue weighted by Gasteiger charge is -2.02. The van der Waals surface area contributed by atoms with E-state index in [0.29, 0.717) is 0 Å². The highest BCUT2D eigenvalue weighted by atomic mass is 35.5. The number of non-ortho nitro benzene ring substituents is 1. The maximum Gasteiger partial charge on any atom is 0.330 e. The number of nitrogens with two attached hydrogens (primary N) is 1. The van der Waals surface area contributed by atoms with Crippen LogP contribution >= 0.6 is 11.6 Å². The third-order valence-electron chi connectivity index (χ3n) is 2.01. The number of nitrogens with zero attached hydrogens (tertiary/aromatic N) is 1. The summed E-state index contributed by atoms with van der Waals surface area (Å²) in [5.74, 6) is -0.557. The van der Waals surface area contributed by atoms with Crippen LogP contribution in [0.15, 0.2) is 18.2 Å². The van der Waals surface area contributed by atoms with Crippen molar-refractivity contribution in [2.75, 3.05) is 12.3 Å². The van der Waals surface area contributed by atoms with Crippen LogP contribution in [0.1, 0.15) is 12.5 Å². The Balaban J connectivity index is 3.08. The lowest BCUT2D eigenvalue weighted by Crippen LogP contribution is -1.99. The molecule has 0 aliphatic rings. The Kier molecular flexibility index (Phi) is 4.67. The van der Waals surface area contributed by atoms with Gasteiger partial charge in [0.1, 0.15) is 0 Å². The summed E-state index contributed by atoms with van der Waals surface area (Å²) in [6, 6.07) is 2.39. The molecule has 0 fully saturated rings. The van der Waals surface area contributed by atoms with Crippen LogP contribution in [-0.4, -0.2) is 17.5 Å². The van der Waals surface area contributed by atoms with Crippen molar-refractivity contribution in [3.63, 3.8) is 0 Å². The Labute approximate surface area is 108 Å². The minimum atomic E-state index is -0.589. The molecule has 96 valence electrons. The Morgan fingerprint density at radius 3 is 2.83 bits per heavy atom. The molecule has 0 spiro atoms. The second-order valence-corrected chi connectivity index (χ2v) is 3.66. The molecule has 0 atom stereocenters.